The number of halogens is 2. The maximum atomic E-state index is 5.75. The van der Waals surface area contributed by atoms with E-state index in [9.17, 15) is 0 Å². The van der Waals surface area contributed by atoms with Gasteiger partial charge in [-0.15, -0.1) is 0 Å². The highest BCUT2D eigenvalue weighted by Crippen LogP contribution is 2.18. The molecule has 88 valence electrons. The van der Waals surface area contributed by atoms with Gasteiger partial charge in [-0.05, 0) is 24.3 Å². The molecule has 0 spiro atoms. The van der Waals surface area contributed by atoms with Crippen molar-refractivity contribution in [3.63, 3.8) is 0 Å². The molecule has 0 aliphatic carbocycles. The third kappa shape index (κ3) is 3.60. The lowest BCUT2D eigenvalue weighted by Crippen LogP contribution is -3.00. The van der Waals surface area contributed by atoms with Crippen molar-refractivity contribution in [2.24, 2.45) is 5.92 Å². The predicted octanol–water partition coefficient (Wildman–Crippen LogP) is -1.86. The van der Waals surface area contributed by atoms with Crippen LogP contribution in [-0.2, 0) is 6.42 Å². The van der Waals surface area contributed by atoms with Crippen molar-refractivity contribution >= 4 is 28.4 Å². The van der Waals surface area contributed by atoms with Gasteiger partial charge in [-0.2, -0.15) is 0 Å². The summed E-state index contributed by atoms with van der Waals surface area (Å²) in [7, 11) is 0. The Hall–Kier alpha value is 0.190. The van der Waals surface area contributed by atoms with Crippen molar-refractivity contribution in [3.8, 4) is 0 Å². The van der Waals surface area contributed by atoms with Gasteiger partial charge in [-0.1, -0.05) is 29.4 Å². The van der Waals surface area contributed by atoms with E-state index in [0.717, 1.165) is 13.0 Å². The van der Waals surface area contributed by atoms with Crippen LogP contribution in [0.5, 0.6) is 0 Å². The maximum Gasteiger partial charge on any atom is 0.212 e. The highest BCUT2D eigenvalue weighted by molar-refractivity contribution is 8.13. The Labute approximate surface area is 122 Å². The molecule has 0 fully saturated rings. The lowest BCUT2D eigenvalue weighted by Gasteiger charge is -2.06. The average Bonchev–Trinajstić information content (AvgIpc) is 2.69. The first-order chi connectivity index (χ1) is 7.29. The number of rotatable bonds is 2. The number of thioether (sulfide) groups is 1. The zero-order valence-corrected chi connectivity index (χ0v) is 12.8. The van der Waals surface area contributed by atoms with Crippen LogP contribution in [0.3, 0.4) is 0 Å². The first-order valence-corrected chi connectivity index (χ1v) is 6.65. The van der Waals surface area contributed by atoms with Crippen molar-refractivity contribution in [2.45, 2.75) is 12.8 Å². The van der Waals surface area contributed by atoms with Crippen molar-refractivity contribution in [2.75, 3.05) is 12.8 Å². The van der Waals surface area contributed by atoms with Gasteiger partial charge in [0.05, 0.1) is 5.92 Å². The number of nitrogens with one attached hydrogen (secondary N) is 1. The van der Waals surface area contributed by atoms with Crippen LogP contribution >= 0.6 is 23.4 Å². The van der Waals surface area contributed by atoms with Gasteiger partial charge in [0.15, 0.2) is 0 Å². The van der Waals surface area contributed by atoms with Crippen LogP contribution in [0.1, 0.15) is 12.0 Å². The van der Waals surface area contributed by atoms with Crippen LogP contribution in [0.4, 0.5) is 0 Å². The molecule has 1 aromatic heterocycles. The summed E-state index contributed by atoms with van der Waals surface area (Å²) in [6.07, 6.45) is 6.28. The van der Waals surface area contributed by atoms with E-state index < -0.39 is 0 Å². The number of aromatic nitrogens is 1. The molecule has 0 amide bonds. The molecular formula is C11H14ClIN2S. The second kappa shape index (κ2) is 6.81. The normalized spacial score (nSPS) is 19.1. The second-order valence-corrected chi connectivity index (χ2v) is 4.91. The van der Waals surface area contributed by atoms with Gasteiger partial charge >= 0.3 is 0 Å². The molecule has 5 heteroatoms. The van der Waals surface area contributed by atoms with Crippen LogP contribution in [-0.4, -0.2) is 22.8 Å². The van der Waals surface area contributed by atoms with E-state index in [1.165, 1.54) is 17.0 Å². The summed E-state index contributed by atoms with van der Waals surface area (Å²) in [6.45, 7) is 1.10. The highest BCUT2D eigenvalue weighted by atomic mass is 127. The van der Waals surface area contributed by atoms with Crippen molar-refractivity contribution in [3.05, 3.63) is 29.0 Å². The minimum Gasteiger partial charge on any atom is -1.00 e. The lowest BCUT2D eigenvalue weighted by atomic mass is 10.0. The summed E-state index contributed by atoms with van der Waals surface area (Å²) >= 11 is 7.57. The number of nitrogens with zero attached hydrogens (tertiary/aromatic N) is 1. The number of hydrogen-bond donors (Lipinski definition) is 1. The van der Waals surface area contributed by atoms with Crippen LogP contribution < -0.4 is 29.0 Å². The van der Waals surface area contributed by atoms with E-state index in [2.05, 4.69) is 22.3 Å². The third-order valence-electron chi connectivity index (χ3n) is 2.65. The van der Waals surface area contributed by atoms with Crippen LogP contribution in [0, 0.1) is 5.92 Å². The fraction of sp³-hybridized carbons (Fsp3) is 0.455. The van der Waals surface area contributed by atoms with Crippen molar-refractivity contribution in [1.29, 1.82) is 0 Å². The zero-order chi connectivity index (χ0) is 10.7. The topological polar surface area (TPSA) is 26.9 Å². The fourth-order valence-electron chi connectivity index (χ4n) is 1.89. The van der Waals surface area contributed by atoms with Crippen molar-refractivity contribution < 1.29 is 29.0 Å². The monoisotopic (exact) mass is 368 g/mol. The maximum absolute atomic E-state index is 5.75. The second-order valence-electron chi connectivity index (χ2n) is 3.67. The molecular weight excluding hydrogens is 355 g/mol. The standard InChI is InChI=1S/C11H13ClN2S.HI/c1-15-11-9(4-5-13-11)6-8-2-3-10(12)14-7-8;/h2-3,7,9H,4-6H2,1H3;1H. The smallest absolute Gasteiger partial charge is 0.212 e. The quantitative estimate of drug-likeness (QED) is 0.490. The van der Waals surface area contributed by atoms with Gasteiger partial charge in [0.2, 0.25) is 5.04 Å². The largest absolute Gasteiger partial charge is 1.00 e. The first kappa shape index (κ1) is 14.3. The van der Waals surface area contributed by atoms with Gasteiger partial charge < -0.3 is 24.0 Å². The van der Waals surface area contributed by atoms with Gasteiger partial charge in [-0.25, -0.2) is 9.98 Å². The molecule has 0 aromatic carbocycles. The summed E-state index contributed by atoms with van der Waals surface area (Å²) < 4.78 is 0. The Morgan fingerprint density at radius 1 is 1.56 bits per heavy atom. The minimum atomic E-state index is 0. The van der Waals surface area contributed by atoms with Gasteiger partial charge in [0.1, 0.15) is 11.7 Å². The van der Waals surface area contributed by atoms with E-state index in [4.69, 9.17) is 11.6 Å². The molecule has 16 heavy (non-hydrogen) atoms. The van der Waals surface area contributed by atoms with E-state index >= 15 is 0 Å². The van der Waals surface area contributed by atoms with E-state index in [1.54, 1.807) is 0 Å². The summed E-state index contributed by atoms with van der Waals surface area (Å²) in [4.78, 5) is 7.52. The molecule has 0 bridgehead atoms. The molecule has 2 rings (SSSR count). The highest BCUT2D eigenvalue weighted by Gasteiger charge is 2.26. The Balaban J connectivity index is 0.00000128. The Morgan fingerprint density at radius 3 is 3.00 bits per heavy atom. The van der Waals surface area contributed by atoms with Crippen LogP contribution in [0.15, 0.2) is 18.3 Å². The lowest BCUT2D eigenvalue weighted by molar-refractivity contribution is -0.444. The molecule has 0 radical (unpaired) electrons. The van der Waals surface area contributed by atoms with Crippen LogP contribution in [0.2, 0.25) is 5.15 Å². The number of pyridine rings is 1. The summed E-state index contributed by atoms with van der Waals surface area (Å²) in [5.41, 5.74) is 1.26. The van der Waals surface area contributed by atoms with Crippen molar-refractivity contribution in [1.82, 2.24) is 4.98 Å². The molecule has 1 aliphatic rings. The van der Waals surface area contributed by atoms with E-state index in [-0.39, 0.29) is 24.0 Å². The van der Waals surface area contributed by atoms with Gasteiger partial charge in [0.25, 0.3) is 0 Å². The first-order valence-electron chi connectivity index (χ1n) is 5.04. The van der Waals surface area contributed by atoms with Crippen LogP contribution in [0.25, 0.3) is 0 Å². The van der Waals surface area contributed by atoms with E-state index in [1.807, 2.05) is 24.0 Å². The predicted molar refractivity (Wildman–Crippen MR) is 65.4 cm³/mol. The van der Waals surface area contributed by atoms with E-state index in [0.29, 0.717) is 11.1 Å². The molecule has 1 aliphatic heterocycles. The third-order valence-corrected chi connectivity index (χ3v) is 3.79. The SMILES string of the molecule is CSC1=[NH+]CCC1Cc1ccc(Cl)nc1.[I-]. The number of hydrogen-bond acceptors (Lipinski definition) is 2. The Morgan fingerprint density at radius 2 is 2.38 bits per heavy atom. The summed E-state index contributed by atoms with van der Waals surface area (Å²) in [5, 5.41) is 1.97. The molecule has 2 heterocycles. The molecule has 2 nitrogen and oxygen atoms in total. The molecule has 0 saturated carbocycles. The Kier molecular flexibility index (Phi) is 6.07. The van der Waals surface area contributed by atoms with Gasteiger partial charge in [-0.3, -0.25) is 0 Å². The molecule has 1 atom stereocenters. The molecule has 1 unspecified atom stereocenters. The molecule has 1 N–H and O–H groups in total. The molecule has 1 aromatic rings. The summed E-state index contributed by atoms with van der Waals surface area (Å²) in [6, 6.07) is 3.92. The summed E-state index contributed by atoms with van der Waals surface area (Å²) in [5.74, 6) is 0.642. The van der Waals surface area contributed by atoms with Gasteiger partial charge in [0, 0.05) is 12.6 Å². The fourth-order valence-corrected chi connectivity index (χ4v) is 2.78. The average molecular weight is 369 g/mol. The minimum absolute atomic E-state index is 0. The molecule has 0 saturated heterocycles. The Bertz CT molecular complexity index is 367. The zero-order valence-electron chi connectivity index (χ0n) is 9.04.